The van der Waals surface area contributed by atoms with E-state index in [1.165, 1.54) is 12.4 Å². The quantitative estimate of drug-likeness (QED) is 0.648. The molecule has 2 rings (SSSR count). The first-order valence-corrected chi connectivity index (χ1v) is 6.34. The summed E-state index contributed by atoms with van der Waals surface area (Å²) in [4.78, 5) is 8.91. The number of halogens is 1. The van der Waals surface area contributed by atoms with Crippen LogP contribution in [0.3, 0.4) is 0 Å². The monoisotopic (exact) mass is 286 g/mol. The zero-order chi connectivity index (χ0) is 14.0. The molecule has 1 aromatic carbocycles. The number of sulfonamides is 1. The number of nitrogens with one attached hydrogen (secondary N) is 2. The predicted octanol–water partition coefficient (Wildman–Crippen LogP) is 1.26. The first-order chi connectivity index (χ1) is 8.92. The lowest BCUT2D eigenvalue weighted by atomic mass is 10.3. The molecule has 0 bridgehead atoms. The van der Waals surface area contributed by atoms with Gasteiger partial charge in [-0.05, 0) is 12.1 Å². The van der Waals surface area contributed by atoms with Crippen LogP contribution >= 0.6 is 0 Å². The molecule has 0 atom stereocenters. The van der Waals surface area contributed by atoms with E-state index in [0.717, 1.165) is 18.2 Å². The third-order valence-corrected chi connectivity index (χ3v) is 3.59. The average Bonchev–Trinajstić information content (AvgIpc) is 2.80. The number of hydrogen-bond donors (Lipinski definition) is 2. The number of nitro groups is 1. The number of nitro benzene ring substituents is 1. The van der Waals surface area contributed by atoms with Crippen LogP contribution < -0.4 is 4.72 Å². The maximum atomic E-state index is 13.4. The molecule has 0 aliphatic heterocycles. The SMILES string of the molecule is O=[N+]([O-])c1c(F)cccc1S(=O)(=O)Nc1cn[nH]c1. The summed E-state index contributed by atoms with van der Waals surface area (Å²) in [5, 5.41) is 16.6. The second-order valence-electron chi connectivity index (χ2n) is 3.44. The lowest BCUT2D eigenvalue weighted by Crippen LogP contribution is -2.15. The molecule has 2 N–H and O–H groups in total. The van der Waals surface area contributed by atoms with E-state index in [1.807, 2.05) is 4.72 Å². The van der Waals surface area contributed by atoms with Gasteiger partial charge in [-0.3, -0.25) is 19.9 Å². The van der Waals surface area contributed by atoms with Crippen LogP contribution in [0.25, 0.3) is 0 Å². The third kappa shape index (κ3) is 2.52. The fourth-order valence-corrected chi connectivity index (χ4v) is 2.62. The Bertz CT molecular complexity index is 714. The Kier molecular flexibility index (Phi) is 3.17. The molecule has 0 aliphatic rings. The molecule has 0 radical (unpaired) electrons. The van der Waals surface area contributed by atoms with E-state index in [-0.39, 0.29) is 5.69 Å². The van der Waals surface area contributed by atoms with Crippen molar-refractivity contribution in [1.82, 2.24) is 10.2 Å². The highest BCUT2D eigenvalue weighted by atomic mass is 32.2. The number of benzene rings is 1. The number of anilines is 1. The van der Waals surface area contributed by atoms with E-state index in [4.69, 9.17) is 0 Å². The number of H-pyrrole nitrogens is 1. The van der Waals surface area contributed by atoms with Crippen molar-refractivity contribution < 1.29 is 17.7 Å². The maximum absolute atomic E-state index is 13.4. The number of rotatable bonds is 4. The van der Waals surface area contributed by atoms with Gasteiger partial charge in [-0.25, -0.2) is 8.42 Å². The molecule has 0 saturated heterocycles. The number of aromatic amines is 1. The molecule has 1 aromatic heterocycles. The molecule has 0 aliphatic carbocycles. The van der Waals surface area contributed by atoms with Gasteiger partial charge in [0.05, 0.1) is 16.8 Å². The highest BCUT2D eigenvalue weighted by Gasteiger charge is 2.29. The van der Waals surface area contributed by atoms with Crippen molar-refractivity contribution in [2.75, 3.05) is 4.72 Å². The fraction of sp³-hybridized carbons (Fsp3) is 0. The Morgan fingerprint density at radius 3 is 2.74 bits per heavy atom. The van der Waals surface area contributed by atoms with E-state index in [0.29, 0.717) is 0 Å². The zero-order valence-electron chi connectivity index (χ0n) is 9.20. The molecule has 0 saturated carbocycles. The Morgan fingerprint density at radius 2 is 2.16 bits per heavy atom. The highest BCUT2D eigenvalue weighted by molar-refractivity contribution is 7.92. The Labute approximate surface area is 106 Å². The molecule has 0 unspecified atom stereocenters. The van der Waals surface area contributed by atoms with Crippen LogP contribution in [0.4, 0.5) is 15.8 Å². The predicted molar refractivity (Wildman–Crippen MR) is 62.5 cm³/mol. The van der Waals surface area contributed by atoms with Crippen LogP contribution in [0.15, 0.2) is 35.5 Å². The van der Waals surface area contributed by atoms with Crippen molar-refractivity contribution >= 4 is 21.4 Å². The second-order valence-corrected chi connectivity index (χ2v) is 5.09. The second kappa shape index (κ2) is 4.65. The van der Waals surface area contributed by atoms with Crippen LogP contribution in [0, 0.1) is 15.9 Å². The minimum absolute atomic E-state index is 0.0820. The zero-order valence-corrected chi connectivity index (χ0v) is 10.0. The van der Waals surface area contributed by atoms with Crippen LogP contribution in [-0.4, -0.2) is 23.5 Å². The molecular weight excluding hydrogens is 279 g/mol. The van der Waals surface area contributed by atoms with E-state index in [9.17, 15) is 22.9 Å². The van der Waals surface area contributed by atoms with Crippen LogP contribution in [-0.2, 0) is 10.0 Å². The van der Waals surface area contributed by atoms with Gasteiger partial charge in [0.25, 0.3) is 10.0 Å². The van der Waals surface area contributed by atoms with E-state index in [1.54, 1.807) is 0 Å². The summed E-state index contributed by atoms with van der Waals surface area (Å²) in [6.07, 6.45) is 2.41. The van der Waals surface area contributed by atoms with Crippen molar-refractivity contribution in [3.05, 3.63) is 46.5 Å². The summed E-state index contributed by atoms with van der Waals surface area (Å²) in [7, 11) is -4.27. The smallest absolute Gasteiger partial charge is 0.284 e. The normalized spacial score (nSPS) is 11.2. The Morgan fingerprint density at radius 1 is 1.42 bits per heavy atom. The molecule has 1 heterocycles. The first kappa shape index (κ1) is 13.0. The average molecular weight is 286 g/mol. The summed E-state index contributed by atoms with van der Waals surface area (Å²) in [5.74, 6) is -1.22. The minimum Gasteiger partial charge on any atom is -0.284 e. The third-order valence-electron chi connectivity index (χ3n) is 2.17. The van der Waals surface area contributed by atoms with Crippen molar-refractivity contribution in [2.24, 2.45) is 0 Å². The van der Waals surface area contributed by atoms with Gasteiger partial charge in [-0.1, -0.05) is 6.07 Å². The fourth-order valence-electron chi connectivity index (χ4n) is 1.41. The lowest BCUT2D eigenvalue weighted by Gasteiger charge is -2.06. The van der Waals surface area contributed by atoms with Gasteiger partial charge >= 0.3 is 5.69 Å². The van der Waals surface area contributed by atoms with Gasteiger partial charge in [0, 0.05) is 6.20 Å². The summed E-state index contributed by atoms with van der Waals surface area (Å²) in [5.41, 5.74) is -1.02. The molecule has 100 valence electrons. The van der Waals surface area contributed by atoms with Gasteiger partial charge in [-0.15, -0.1) is 0 Å². The molecule has 0 fully saturated rings. The summed E-state index contributed by atoms with van der Waals surface area (Å²) in [6.45, 7) is 0. The number of nitrogens with zero attached hydrogens (tertiary/aromatic N) is 2. The number of aromatic nitrogens is 2. The van der Waals surface area contributed by atoms with Gasteiger partial charge < -0.3 is 0 Å². The Balaban J connectivity index is 2.52. The van der Waals surface area contributed by atoms with E-state index < -0.39 is 31.3 Å². The largest absolute Gasteiger partial charge is 0.325 e. The lowest BCUT2D eigenvalue weighted by molar-refractivity contribution is -0.390. The standard InChI is InChI=1S/C9H7FN4O4S/c10-7-2-1-3-8(9(7)14(15)16)19(17,18)13-6-4-11-12-5-6/h1-5,13H,(H,11,12). The van der Waals surface area contributed by atoms with Crippen molar-refractivity contribution in [3.8, 4) is 0 Å². The summed E-state index contributed by atoms with van der Waals surface area (Å²) < 4.78 is 39.3. The van der Waals surface area contributed by atoms with Crippen molar-refractivity contribution in [3.63, 3.8) is 0 Å². The topological polar surface area (TPSA) is 118 Å². The molecule has 8 nitrogen and oxygen atoms in total. The van der Waals surface area contributed by atoms with Gasteiger partial charge in [0.1, 0.15) is 0 Å². The van der Waals surface area contributed by atoms with Crippen molar-refractivity contribution in [1.29, 1.82) is 0 Å². The molecule has 0 amide bonds. The van der Waals surface area contributed by atoms with Crippen LogP contribution in [0.5, 0.6) is 0 Å². The van der Waals surface area contributed by atoms with Crippen LogP contribution in [0.2, 0.25) is 0 Å². The Hall–Kier alpha value is -2.49. The van der Waals surface area contributed by atoms with E-state index in [2.05, 4.69) is 10.2 Å². The first-order valence-electron chi connectivity index (χ1n) is 4.86. The van der Waals surface area contributed by atoms with E-state index >= 15 is 0 Å². The van der Waals surface area contributed by atoms with Crippen molar-refractivity contribution in [2.45, 2.75) is 4.90 Å². The summed E-state index contributed by atoms with van der Waals surface area (Å²) in [6, 6.07) is 2.84. The number of hydrogen-bond acceptors (Lipinski definition) is 5. The van der Waals surface area contributed by atoms with Crippen LogP contribution in [0.1, 0.15) is 0 Å². The van der Waals surface area contributed by atoms with Gasteiger partial charge in [0.2, 0.25) is 5.82 Å². The van der Waals surface area contributed by atoms with Gasteiger partial charge in [0.15, 0.2) is 4.90 Å². The molecular formula is C9H7FN4O4S. The summed E-state index contributed by atoms with van der Waals surface area (Å²) >= 11 is 0. The molecule has 19 heavy (non-hydrogen) atoms. The molecule has 0 spiro atoms. The minimum atomic E-state index is -4.27. The molecule has 2 aromatic rings. The van der Waals surface area contributed by atoms with Gasteiger partial charge in [-0.2, -0.15) is 9.49 Å². The molecule has 10 heteroatoms. The maximum Gasteiger partial charge on any atom is 0.325 e. The number of para-hydroxylation sites is 1. The highest BCUT2D eigenvalue weighted by Crippen LogP contribution is 2.27.